The van der Waals surface area contributed by atoms with E-state index in [0.717, 1.165) is 25.0 Å². The van der Waals surface area contributed by atoms with Crippen molar-refractivity contribution < 1.29 is 21.6 Å². The van der Waals surface area contributed by atoms with E-state index < -0.39 is 32.7 Å². The number of hydrogen-bond acceptors (Lipinski definition) is 5. The van der Waals surface area contributed by atoms with Crippen molar-refractivity contribution in [2.24, 2.45) is 0 Å². The van der Waals surface area contributed by atoms with Crippen LogP contribution in [0.1, 0.15) is 37.3 Å². The lowest BCUT2D eigenvalue weighted by Crippen LogP contribution is -2.43. The second kappa shape index (κ2) is 8.29. The third-order valence-corrected chi connectivity index (χ3v) is 7.30. The third kappa shape index (κ3) is 4.41. The Morgan fingerprint density at radius 1 is 1.06 bits per heavy atom. The number of aromatic nitrogens is 4. The first-order chi connectivity index (χ1) is 14.8. The molecule has 0 N–H and O–H groups in total. The van der Waals surface area contributed by atoms with Crippen LogP contribution >= 0.6 is 0 Å². The van der Waals surface area contributed by atoms with E-state index in [9.17, 15) is 21.6 Å². The molecule has 0 spiro atoms. The summed E-state index contributed by atoms with van der Waals surface area (Å²) in [4.78, 5) is 3.62. The molecule has 0 amide bonds. The predicted octanol–water partition coefficient (Wildman–Crippen LogP) is 4.07. The number of halogens is 3. The fourth-order valence-corrected chi connectivity index (χ4v) is 5.72. The highest BCUT2D eigenvalue weighted by atomic mass is 32.2. The average molecular weight is 451 g/mol. The second-order valence-electron chi connectivity index (χ2n) is 7.42. The molecule has 0 saturated heterocycles. The fourth-order valence-electron chi connectivity index (χ4n) is 4.00. The first kappa shape index (κ1) is 21.3. The SMILES string of the molecule is O=S(=O)(c1cccc(C(F)(F)F)c1)N(c1cccnc1)[C@H]1CCC[C@@H](n2cnnc2)C1. The van der Waals surface area contributed by atoms with Gasteiger partial charge < -0.3 is 4.57 Å². The van der Waals surface area contributed by atoms with Gasteiger partial charge in [0, 0.05) is 18.3 Å². The van der Waals surface area contributed by atoms with Gasteiger partial charge in [-0.1, -0.05) is 6.07 Å². The van der Waals surface area contributed by atoms with Crippen molar-refractivity contribution in [2.75, 3.05) is 4.31 Å². The number of nitrogens with zero attached hydrogens (tertiary/aromatic N) is 5. The lowest BCUT2D eigenvalue weighted by molar-refractivity contribution is -0.137. The summed E-state index contributed by atoms with van der Waals surface area (Å²) in [5.41, 5.74) is -0.694. The maximum absolute atomic E-state index is 13.6. The Hall–Kier alpha value is -2.95. The molecule has 0 radical (unpaired) electrons. The maximum Gasteiger partial charge on any atom is 0.416 e. The number of alkyl halides is 3. The highest BCUT2D eigenvalue weighted by Crippen LogP contribution is 2.37. The van der Waals surface area contributed by atoms with Crippen molar-refractivity contribution in [2.45, 2.75) is 48.8 Å². The van der Waals surface area contributed by atoms with Gasteiger partial charge in [-0.3, -0.25) is 9.29 Å². The Balaban J connectivity index is 1.75. The van der Waals surface area contributed by atoms with Gasteiger partial charge in [0.25, 0.3) is 10.0 Å². The van der Waals surface area contributed by atoms with Gasteiger partial charge in [0.05, 0.1) is 22.3 Å². The van der Waals surface area contributed by atoms with Crippen LogP contribution in [0.25, 0.3) is 0 Å². The molecule has 3 aromatic rings. The molecule has 31 heavy (non-hydrogen) atoms. The zero-order valence-corrected chi connectivity index (χ0v) is 17.2. The molecule has 1 aromatic carbocycles. The molecular formula is C20H20F3N5O2S. The minimum absolute atomic E-state index is 0.00960. The van der Waals surface area contributed by atoms with Crippen molar-refractivity contribution in [3.8, 4) is 0 Å². The molecule has 2 aromatic heterocycles. The molecule has 1 aliphatic rings. The standard InChI is InChI=1S/C20H20F3N5O2S/c21-20(22,23)15-4-1-8-19(10-15)31(29,30)28(18-7-3-9-24-12-18)17-6-2-5-16(11-17)27-13-25-26-14-27/h1,3-4,7-10,12-14,16-17H,2,5-6,11H2/t16-,17+/m1/s1. The van der Waals surface area contributed by atoms with Gasteiger partial charge in [0.15, 0.2) is 0 Å². The zero-order valence-electron chi connectivity index (χ0n) is 16.4. The summed E-state index contributed by atoms with van der Waals surface area (Å²) in [6, 6.07) is 6.57. The first-order valence-corrected chi connectivity index (χ1v) is 11.2. The van der Waals surface area contributed by atoms with Crippen molar-refractivity contribution in [3.05, 3.63) is 67.0 Å². The van der Waals surface area contributed by atoms with Crippen LogP contribution in [-0.4, -0.2) is 34.2 Å². The van der Waals surface area contributed by atoms with Crippen LogP contribution in [0.15, 0.2) is 66.3 Å². The average Bonchev–Trinajstić information content (AvgIpc) is 3.29. The van der Waals surface area contributed by atoms with Gasteiger partial charge in [-0.25, -0.2) is 8.42 Å². The number of anilines is 1. The van der Waals surface area contributed by atoms with E-state index in [1.807, 2.05) is 4.57 Å². The van der Waals surface area contributed by atoms with Gasteiger partial charge in [0.2, 0.25) is 0 Å². The Morgan fingerprint density at radius 2 is 1.84 bits per heavy atom. The number of pyridine rings is 1. The number of sulfonamides is 1. The number of benzene rings is 1. The summed E-state index contributed by atoms with van der Waals surface area (Å²) >= 11 is 0. The van der Waals surface area contributed by atoms with Crippen molar-refractivity contribution in [1.29, 1.82) is 0 Å². The van der Waals surface area contributed by atoms with Crippen LogP contribution in [0, 0.1) is 0 Å². The summed E-state index contributed by atoms with van der Waals surface area (Å²) < 4.78 is 69.9. The molecule has 4 rings (SSSR count). The van der Waals surface area contributed by atoms with E-state index in [-0.39, 0.29) is 6.04 Å². The highest BCUT2D eigenvalue weighted by molar-refractivity contribution is 7.92. The summed E-state index contributed by atoms with van der Waals surface area (Å²) in [7, 11) is -4.28. The Kier molecular flexibility index (Phi) is 5.69. The minimum atomic E-state index is -4.64. The molecule has 1 aliphatic carbocycles. The van der Waals surface area contributed by atoms with Crippen LogP contribution in [0.4, 0.5) is 18.9 Å². The second-order valence-corrected chi connectivity index (χ2v) is 9.24. The lowest BCUT2D eigenvalue weighted by Gasteiger charge is -2.38. The summed E-state index contributed by atoms with van der Waals surface area (Å²) in [5, 5.41) is 7.64. The van der Waals surface area contributed by atoms with Crippen LogP contribution in [0.3, 0.4) is 0 Å². The molecule has 1 fully saturated rings. The minimum Gasteiger partial charge on any atom is -0.317 e. The molecule has 0 unspecified atom stereocenters. The summed E-state index contributed by atoms with van der Waals surface area (Å²) in [6.07, 6.45) is 4.09. The van der Waals surface area contributed by atoms with E-state index in [2.05, 4.69) is 15.2 Å². The first-order valence-electron chi connectivity index (χ1n) is 9.72. The van der Waals surface area contributed by atoms with Crippen molar-refractivity contribution in [1.82, 2.24) is 19.7 Å². The molecule has 0 bridgehead atoms. The van der Waals surface area contributed by atoms with E-state index in [4.69, 9.17) is 0 Å². The van der Waals surface area contributed by atoms with Gasteiger partial charge in [-0.15, -0.1) is 10.2 Å². The van der Waals surface area contributed by atoms with Crippen LogP contribution in [0.2, 0.25) is 0 Å². The molecule has 7 nitrogen and oxygen atoms in total. The van der Waals surface area contributed by atoms with Gasteiger partial charge in [-0.05, 0) is 56.0 Å². The number of rotatable bonds is 5. The molecular weight excluding hydrogens is 431 g/mol. The Labute approximate surface area is 177 Å². The zero-order chi connectivity index (χ0) is 22.1. The van der Waals surface area contributed by atoms with Gasteiger partial charge >= 0.3 is 6.18 Å². The quantitative estimate of drug-likeness (QED) is 0.584. The highest BCUT2D eigenvalue weighted by Gasteiger charge is 2.37. The monoisotopic (exact) mass is 451 g/mol. The smallest absolute Gasteiger partial charge is 0.317 e. The molecule has 164 valence electrons. The normalized spacial score (nSPS) is 19.8. The third-order valence-electron chi connectivity index (χ3n) is 5.43. The molecule has 1 saturated carbocycles. The lowest BCUT2D eigenvalue weighted by atomic mass is 9.90. The Morgan fingerprint density at radius 3 is 2.52 bits per heavy atom. The maximum atomic E-state index is 13.6. The predicted molar refractivity (Wildman–Crippen MR) is 107 cm³/mol. The topological polar surface area (TPSA) is 81.0 Å². The van der Waals surface area contributed by atoms with E-state index >= 15 is 0 Å². The largest absolute Gasteiger partial charge is 0.416 e. The molecule has 11 heteroatoms. The van der Waals surface area contributed by atoms with E-state index in [0.29, 0.717) is 24.6 Å². The van der Waals surface area contributed by atoms with Crippen molar-refractivity contribution in [3.63, 3.8) is 0 Å². The Bertz CT molecular complexity index is 1120. The van der Waals surface area contributed by atoms with E-state index in [1.54, 1.807) is 24.8 Å². The number of hydrogen-bond donors (Lipinski definition) is 0. The van der Waals surface area contributed by atoms with Gasteiger partial charge in [-0.2, -0.15) is 13.2 Å². The van der Waals surface area contributed by atoms with Crippen LogP contribution < -0.4 is 4.31 Å². The molecule has 2 atom stereocenters. The van der Waals surface area contributed by atoms with Gasteiger partial charge in [0.1, 0.15) is 12.7 Å². The summed E-state index contributed by atoms with van der Waals surface area (Å²) in [6.45, 7) is 0. The molecule has 0 aliphatic heterocycles. The fraction of sp³-hybridized carbons (Fsp3) is 0.350. The summed E-state index contributed by atoms with van der Waals surface area (Å²) in [5.74, 6) is 0. The van der Waals surface area contributed by atoms with Crippen molar-refractivity contribution >= 4 is 15.7 Å². The van der Waals surface area contributed by atoms with E-state index in [1.165, 1.54) is 22.8 Å². The van der Waals surface area contributed by atoms with Crippen LogP contribution in [-0.2, 0) is 16.2 Å². The molecule has 2 heterocycles. The van der Waals surface area contributed by atoms with Crippen LogP contribution in [0.5, 0.6) is 0 Å².